The Bertz CT molecular complexity index is 414. The molecule has 2 rings (SSSR count). The minimum atomic E-state index is 0.248. The van der Waals surface area contributed by atoms with Gasteiger partial charge in [0.25, 0.3) is 0 Å². The van der Waals surface area contributed by atoms with Gasteiger partial charge in [-0.15, -0.1) is 0 Å². The van der Waals surface area contributed by atoms with Crippen molar-refractivity contribution >= 4 is 11.5 Å². The predicted octanol–water partition coefficient (Wildman–Crippen LogP) is 1.89. The third-order valence-electron chi connectivity index (χ3n) is 3.57. The molecule has 0 atom stereocenters. The number of hydrogen-bond donors (Lipinski definition) is 1. The first kappa shape index (κ1) is 13.1. The lowest BCUT2D eigenvalue weighted by Gasteiger charge is -2.42. The standard InChI is InChI=1S/C14H24N4/c1-11-5-6-12(15)13(16-11)17-7-9-18(10-8-17)14(2,3)4/h5-6H,7-10,15H2,1-4H3. The van der Waals surface area contributed by atoms with Crippen molar-refractivity contribution in [1.29, 1.82) is 0 Å². The number of anilines is 2. The third kappa shape index (κ3) is 2.75. The maximum absolute atomic E-state index is 6.02. The summed E-state index contributed by atoms with van der Waals surface area (Å²) in [6.07, 6.45) is 0. The average Bonchev–Trinajstić information content (AvgIpc) is 2.31. The summed E-state index contributed by atoms with van der Waals surface area (Å²) < 4.78 is 0. The van der Waals surface area contributed by atoms with E-state index in [0.717, 1.165) is 43.4 Å². The van der Waals surface area contributed by atoms with Crippen molar-refractivity contribution in [2.24, 2.45) is 0 Å². The molecule has 1 aromatic heterocycles. The number of aromatic nitrogens is 1. The topological polar surface area (TPSA) is 45.4 Å². The van der Waals surface area contributed by atoms with Gasteiger partial charge >= 0.3 is 0 Å². The number of piperazine rings is 1. The van der Waals surface area contributed by atoms with Crippen LogP contribution in [0.15, 0.2) is 12.1 Å². The Morgan fingerprint density at radius 1 is 1.11 bits per heavy atom. The molecule has 0 unspecified atom stereocenters. The van der Waals surface area contributed by atoms with Crippen LogP contribution in [0.3, 0.4) is 0 Å². The summed E-state index contributed by atoms with van der Waals surface area (Å²) in [6, 6.07) is 3.91. The monoisotopic (exact) mass is 248 g/mol. The van der Waals surface area contributed by atoms with E-state index in [0.29, 0.717) is 0 Å². The van der Waals surface area contributed by atoms with Gasteiger partial charge in [0.15, 0.2) is 5.82 Å². The summed E-state index contributed by atoms with van der Waals surface area (Å²) in [6.45, 7) is 12.9. The SMILES string of the molecule is Cc1ccc(N)c(N2CCN(C(C)(C)C)CC2)n1. The Morgan fingerprint density at radius 2 is 1.72 bits per heavy atom. The number of nitrogens with two attached hydrogens (primary N) is 1. The Kier molecular flexibility index (Phi) is 3.48. The highest BCUT2D eigenvalue weighted by molar-refractivity contribution is 5.63. The molecule has 0 bridgehead atoms. The Hall–Kier alpha value is -1.29. The molecule has 0 amide bonds. The molecular weight excluding hydrogens is 224 g/mol. The van der Waals surface area contributed by atoms with Gasteiger partial charge in [0.05, 0.1) is 5.69 Å². The van der Waals surface area contributed by atoms with E-state index in [9.17, 15) is 0 Å². The van der Waals surface area contributed by atoms with Gasteiger partial charge in [-0.2, -0.15) is 0 Å². The Morgan fingerprint density at radius 3 is 2.28 bits per heavy atom. The minimum Gasteiger partial charge on any atom is -0.396 e. The molecule has 1 aromatic rings. The lowest BCUT2D eigenvalue weighted by atomic mass is 10.0. The predicted molar refractivity (Wildman–Crippen MR) is 76.9 cm³/mol. The minimum absolute atomic E-state index is 0.248. The van der Waals surface area contributed by atoms with Crippen LogP contribution < -0.4 is 10.6 Å². The van der Waals surface area contributed by atoms with Crippen LogP contribution in [0, 0.1) is 6.92 Å². The lowest BCUT2D eigenvalue weighted by molar-refractivity contribution is 0.128. The van der Waals surface area contributed by atoms with Gasteiger partial charge in [0, 0.05) is 37.4 Å². The van der Waals surface area contributed by atoms with E-state index in [1.807, 2.05) is 19.1 Å². The van der Waals surface area contributed by atoms with Crippen LogP contribution in [-0.4, -0.2) is 41.6 Å². The van der Waals surface area contributed by atoms with E-state index in [2.05, 4.69) is 35.6 Å². The number of nitrogen functional groups attached to an aromatic ring is 1. The average molecular weight is 248 g/mol. The van der Waals surface area contributed by atoms with Crippen molar-refractivity contribution in [3.05, 3.63) is 17.8 Å². The second kappa shape index (κ2) is 4.76. The molecular formula is C14H24N4. The molecule has 4 nitrogen and oxygen atoms in total. The summed E-state index contributed by atoms with van der Waals surface area (Å²) in [5.41, 5.74) is 8.08. The van der Waals surface area contributed by atoms with Crippen molar-refractivity contribution in [3.8, 4) is 0 Å². The molecule has 0 aliphatic carbocycles. The van der Waals surface area contributed by atoms with Crippen molar-refractivity contribution in [2.45, 2.75) is 33.2 Å². The number of pyridine rings is 1. The summed E-state index contributed by atoms with van der Waals surface area (Å²) in [5.74, 6) is 0.948. The lowest BCUT2D eigenvalue weighted by Crippen LogP contribution is -2.53. The number of aryl methyl sites for hydroxylation is 1. The fourth-order valence-corrected chi connectivity index (χ4v) is 2.40. The molecule has 1 fully saturated rings. The summed E-state index contributed by atoms with van der Waals surface area (Å²) in [5, 5.41) is 0. The number of rotatable bonds is 1. The highest BCUT2D eigenvalue weighted by Crippen LogP contribution is 2.24. The highest BCUT2D eigenvalue weighted by atomic mass is 15.3. The van der Waals surface area contributed by atoms with Gasteiger partial charge < -0.3 is 10.6 Å². The van der Waals surface area contributed by atoms with Crippen LogP contribution in [0.25, 0.3) is 0 Å². The molecule has 2 heterocycles. The molecule has 2 N–H and O–H groups in total. The van der Waals surface area contributed by atoms with Gasteiger partial charge in [0.2, 0.25) is 0 Å². The normalized spacial score (nSPS) is 18.1. The first-order chi connectivity index (χ1) is 8.38. The first-order valence-corrected chi connectivity index (χ1v) is 6.61. The van der Waals surface area contributed by atoms with Crippen LogP contribution >= 0.6 is 0 Å². The zero-order chi connectivity index (χ0) is 13.3. The van der Waals surface area contributed by atoms with Crippen LogP contribution in [0.2, 0.25) is 0 Å². The fourth-order valence-electron chi connectivity index (χ4n) is 2.40. The maximum Gasteiger partial charge on any atom is 0.152 e. The van der Waals surface area contributed by atoms with Crippen LogP contribution in [0.5, 0.6) is 0 Å². The molecule has 1 aliphatic heterocycles. The summed E-state index contributed by atoms with van der Waals surface area (Å²) in [7, 11) is 0. The smallest absolute Gasteiger partial charge is 0.152 e. The van der Waals surface area contributed by atoms with E-state index >= 15 is 0 Å². The number of nitrogens with zero attached hydrogens (tertiary/aromatic N) is 3. The van der Waals surface area contributed by atoms with Gasteiger partial charge in [-0.05, 0) is 39.8 Å². The molecule has 0 saturated carbocycles. The van der Waals surface area contributed by atoms with Crippen LogP contribution in [-0.2, 0) is 0 Å². The molecule has 0 spiro atoms. The molecule has 100 valence electrons. The first-order valence-electron chi connectivity index (χ1n) is 6.61. The summed E-state index contributed by atoms with van der Waals surface area (Å²) >= 11 is 0. The van der Waals surface area contributed by atoms with Gasteiger partial charge in [-0.1, -0.05) is 0 Å². The molecule has 0 aromatic carbocycles. The van der Waals surface area contributed by atoms with Crippen LogP contribution in [0.4, 0.5) is 11.5 Å². The van der Waals surface area contributed by atoms with Crippen molar-refractivity contribution in [3.63, 3.8) is 0 Å². The maximum atomic E-state index is 6.02. The largest absolute Gasteiger partial charge is 0.396 e. The van der Waals surface area contributed by atoms with Gasteiger partial charge in [-0.3, -0.25) is 4.90 Å². The second-order valence-electron chi connectivity index (χ2n) is 6.01. The molecule has 0 radical (unpaired) electrons. The van der Waals surface area contributed by atoms with E-state index in [1.54, 1.807) is 0 Å². The zero-order valence-electron chi connectivity index (χ0n) is 11.9. The van der Waals surface area contributed by atoms with Crippen LogP contribution in [0.1, 0.15) is 26.5 Å². The molecule has 1 saturated heterocycles. The van der Waals surface area contributed by atoms with Gasteiger partial charge in [0.1, 0.15) is 0 Å². The van der Waals surface area contributed by atoms with Crippen molar-refractivity contribution in [1.82, 2.24) is 9.88 Å². The van der Waals surface area contributed by atoms with Crippen molar-refractivity contribution < 1.29 is 0 Å². The molecule has 18 heavy (non-hydrogen) atoms. The Labute approximate surface area is 110 Å². The van der Waals surface area contributed by atoms with Gasteiger partial charge in [-0.25, -0.2) is 4.98 Å². The second-order valence-corrected chi connectivity index (χ2v) is 6.01. The molecule has 4 heteroatoms. The quantitative estimate of drug-likeness (QED) is 0.824. The molecule has 1 aliphatic rings. The van der Waals surface area contributed by atoms with E-state index in [4.69, 9.17) is 5.73 Å². The summed E-state index contributed by atoms with van der Waals surface area (Å²) in [4.78, 5) is 9.37. The van der Waals surface area contributed by atoms with Crippen molar-refractivity contribution in [2.75, 3.05) is 36.8 Å². The van der Waals surface area contributed by atoms with E-state index in [-0.39, 0.29) is 5.54 Å². The highest BCUT2D eigenvalue weighted by Gasteiger charge is 2.26. The fraction of sp³-hybridized carbons (Fsp3) is 0.643. The Balaban J connectivity index is 2.08. The van der Waals surface area contributed by atoms with E-state index in [1.165, 1.54) is 0 Å². The van der Waals surface area contributed by atoms with E-state index < -0.39 is 0 Å². The third-order valence-corrected chi connectivity index (χ3v) is 3.57. The number of hydrogen-bond acceptors (Lipinski definition) is 4. The zero-order valence-corrected chi connectivity index (χ0v) is 11.9.